The molecule has 0 atom stereocenters. The van der Waals surface area contributed by atoms with E-state index >= 15 is 0 Å². The highest BCUT2D eigenvalue weighted by molar-refractivity contribution is 5.70. The van der Waals surface area contributed by atoms with Crippen LogP contribution < -0.4 is 5.32 Å². The van der Waals surface area contributed by atoms with Crippen molar-refractivity contribution in [3.05, 3.63) is 34.1 Å². The van der Waals surface area contributed by atoms with Gasteiger partial charge in [-0.2, -0.15) is 4.98 Å². The summed E-state index contributed by atoms with van der Waals surface area (Å²) in [7, 11) is 0. The number of nitrogens with zero attached hydrogens (tertiary/aromatic N) is 3. The number of nitro groups is 1. The molecule has 0 unspecified atom stereocenters. The molecule has 1 fully saturated rings. The molecule has 0 spiro atoms. The summed E-state index contributed by atoms with van der Waals surface area (Å²) in [6.07, 6.45) is 4.45. The zero-order chi connectivity index (χ0) is 16.4. The third kappa shape index (κ3) is 3.33. The van der Waals surface area contributed by atoms with Crippen LogP contribution in [0.25, 0.3) is 11.5 Å². The Bertz CT molecular complexity index is 705. The fraction of sp³-hybridized carbons (Fsp3) is 0.500. The minimum Gasteiger partial charge on any atom is -0.377 e. The Morgan fingerprint density at radius 2 is 2.09 bits per heavy atom. The Morgan fingerprint density at radius 3 is 2.70 bits per heavy atom. The van der Waals surface area contributed by atoms with Crippen molar-refractivity contribution in [1.82, 2.24) is 10.1 Å². The van der Waals surface area contributed by atoms with E-state index < -0.39 is 0 Å². The molecule has 2 aromatic rings. The standard InChI is InChI=1S/C16H20N4O3/c1-10(2)15-18-16(23-19-15)11-7-8-13(14(9-11)20(21)22)17-12-5-3-4-6-12/h7-10,12,17H,3-6H2,1-2H3. The maximum Gasteiger partial charge on any atom is 0.293 e. The molecule has 3 rings (SSSR count). The number of aromatic nitrogens is 2. The molecule has 23 heavy (non-hydrogen) atoms. The van der Waals surface area contributed by atoms with Crippen LogP contribution in [0.5, 0.6) is 0 Å². The molecule has 1 heterocycles. The molecule has 1 aliphatic rings. The van der Waals surface area contributed by atoms with Crippen molar-refractivity contribution in [3.63, 3.8) is 0 Å². The Kier molecular flexibility index (Phi) is 4.27. The molecule has 0 amide bonds. The number of anilines is 1. The second-order valence-corrected chi connectivity index (χ2v) is 6.23. The Labute approximate surface area is 134 Å². The molecule has 0 radical (unpaired) electrons. The van der Waals surface area contributed by atoms with Crippen molar-refractivity contribution in [2.24, 2.45) is 0 Å². The predicted octanol–water partition coefficient (Wildman–Crippen LogP) is 4.12. The molecule has 1 saturated carbocycles. The van der Waals surface area contributed by atoms with E-state index in [4.69, 9.17) is 4.52 Å². The van der Waals surface area contributed by atoms with E-state index in [9.17, 15) is 10.1 Å². The zero-order valence-corrected chi connectivity index (χ0v) is 13.3. The zero-order valence-electron chi connectivity index (χ0n) is 13.3. The first-order valence-corrected chi connectivity index (χ1v) is 7.93. The van der Waals surface area contributed by atoms with Gasteiger partial charge in [0.25, 0.3) is 11.6 Å². The van der Waals surface area contributed by atoms with Gasteiger partial charge in [-0.25, -0.2) is 0 Å². The topological polar surface area (TPSA) is 94.1 Å². The van der Waals surface area contributed by atoms with Crippen molar-refractivity contribution in [2.45, 2.75) is 51.5 Å². The number of rotatable bonds is 5. The Balaban J connectivity index is 1.90. The molecule has 0 bridgehead atoms. The highest BCUT2D eigenvalue weighted by Gasteiger charge is 2.22. The van der Waals surface area contributed by atoms with Crippen LogP contribution in [0.4, 0.5) is 11.4 Å². The van der Waals surface area contributed by atoms with Crippen molar-refractivity contribution in [2.75, 3.05) is 5.32 Å². The van der Waals surface area contributed by atoms with Crippen LogP contribution in [0.3, 0.4) is 0 Å². The lowest BCUT2D eigenvalue weighted by Gasteiger charge is -2.13. The molecule has 0 saturated heterocycles. The summed E-state index contributed by atoms with van der Waals surface area (Å²) in [4.78, 5) is 15.3. The van der Waals surface area contributed by atoms with E-state index in [1.807, 2.05) is 13.8 Å². The summed E-state index contributed by atoms with van der Waals surface area (Å²) in [5.74, 6) is 1.05. The van der Waals surface area contributed by atoms with Crippen molar-refractivity contribution in [3.8, 4) is 11.5 Å². The van der Waals surface area contributed by atoms with Crippen LogP contribution in [0.15, 0.2) is 22.7 Å². The van der Waals surface area contributed by atoms with Gasteiger partial charge < -0.3 is 9.84 Å². The summed E-state index contributed by atoms with van der Waals surface area (Å²) in [5, 5.41) is 18.6. The van der Waals surface area contributed by atoms with Gasteiger partial charge in [-0.3, -0.25) is 10.1 Å². The van der Waals surface area contributed by atoms with Gasteiger partial charge in [0.15, 0.2) is 5.82 Å². The van der Waals surface area contributed by atoms with Gasteiger partial charge in [-0.05, 0) is 25.0 Å². The van der Waals surface area contributed by atoms with Crippen LogP contribution in [0.2, 0.25) is 0 Å². The first kappa shape index (κ1) is 15.5. The van der Waals surface area contributed by atoms with Gasteiger partial charge in [0, 0.05) is 23.6 Å². The summed E-state index contributed by atoms with van der Waals surface area (Å²) in [6, 6.07) is 5.32. The van der Waals surface area contributed by atoms with Crippen LogP contribution in [0, 0.1) is 10.1 Å². The second kappa shape index (κ2) is 6.36. The molecule has 1 N–H and O–H groups in total. The molecular formula is C16H20N4O3. The fourth-order valence-electron chi connectivity index (χ4n) is 2.81. The first-order chi connectivity index (χ1) is 11.0. The monoisotopic (exact) mass is 316 g/mol. The summed E-state index contributed by atoms with van der Waals surface area (Å²) < 4.78 is 5.22. The van der Waals surface area contributed by atoms with E-state index in [2.05, 4.69) is 15.5 Å². The minimum atomic E-state index is -0.374. The number of hydrogen-bond donors (Lipinski definition) is 1. The molecule has 1 aromatic carbocycles. The van der Waals surface area contributed by atoms with Gasteiger partial charge in [0.05, 0.1) is 4.92 Å². The quantitative estimate of drug-likeness (QED) is 0.658. The van der Waals surface area contributed by atoms with Crippen molar-refractivity contribution >= 4 is 11.4 Å². The average Bonchev–Trinajstić information content (AvgIpc) is 3.18. The van der Waals surface area contributed by atoms with E-state index in [0.717, 1.165) is 12.8 Å². The van der Waals surface area contributed by atoms with Gasteiger partial charge in [0.1, 0.15) is 5.69 Å². The normalized spacial score (nSPS) is 15.3. The Morgan fingerprint density at radius 1 is 1.35 bits per heavy atom. The van der Waals surface area contributed by atoms with Crippen LogP contribution in [-0.2, 0) is 0 Å². The smallest absolute Gasteiger partial charge is 0.293 e. The largest absolute Gasteiger partial charge is 0.377 e. The van der Waals surface area contributed by atoms with Gasteiger partial charge in [0.2, 0.25) is 0 Å². The lowest BCUT2D eigenvalue weighted by molar-refractivity contribution is -0.383. The summed E-state index contributed by atoms with van der Waals surface area (Å²) >= 11 is 0. The predicted molar refractivity (Wildman–Crippen MR) is 86.4 cm³/mol. The van der Waals surface area contributed by atoms with E-state index in [0.29, 0.717) is 29.0 Å². The summed E-state index contributed by atoms with van der Waals surface area (Å²) in [5.41, 5.74) is 1.15. The Hall–Kier alpha value is -2.44. The SMILES string of the molecule is CC(C)c1noc(-c2ccc(NC3CCCC3)c([N+](=O)[O-])c2)n1. The van der Waals surface area contributed by atoms with Crippen LogP contribution in [0.1, 0.15) is 51.3 Å². The molecule has 7 heteroatoms. The second-order valence-electron chi connectivity index (χ2n) is 6.23. The van der Waals surface area contributed by atoms with Crippen molar-refractivity contribution < 1.29 is 9.45 Å². The maximum atomic E-state index is 11.4. The number of benzene rings is 1. The van der Waals surface area contributed by atoms with Crippen LogP contribution in [-0.4, -0.2) is 21.1 Å². The minimum absolute atomic E-state index is 0.0405. The van der Waals surface area contributed by atoms with E-state index in [1.54, 1.807) is 12.1 Å². The first-order valence-electron chi connectivity index (χ1n) is 7.93. The summed E-state index contributed by atoms with van der Waals surface area (Å²) in [6.45, 7) is 3.93. The molecule has 1 aliphatic carbocycles. The third-order valence-electron chi connectivity index (χ3n) is 4.11. The molecule has 7 nitrogen and oxygen atoms in total. The molecule has 1 aromatic heterocycles. The highest BCUT2D eigenvalue weighted by Crippen LogP contribution is 2.32. The maximum absolute atomic E-state index is 11.4. The lowest BCUT2D eigenvalue weighted by atomic mass is 10.1. The number of nitrogens with one attached hydrogen (secondary N) is 1. The molecular weight excluding hydrogens is 296 g/mol. The van der Waals surface area contributed by atoms with E-state index in [-0.39, 0.29) is 16.5 Å². The molecule has 122 valence electrons. The van der Waals surface area contributed by atoms with E-state index in [1.165, 1.54) is 18.9 Å². The van der Waals surface area contributed by atoms with Gasteiger partial charge >= 0.3 is 0 Å². The van der Waals surface area contributed by atoms with Crippen molar-refractivity contribution in [1.29, 1.82) is 0 Å². The fourth-order valence-corrected chi connectivity index (χ4v) is 2.81. The molecule has 0 aliphatic heterocycles. The van der Waals surface area contributed by atoms with Crippen LogP contribution >= 0.6 is 0 Å². The number of nitro benzene ring substituents is 1. The van der Waals surface area contributed by atoms with Gasteiger partial charge in [-0.1, -0.05) is 31.8 Å². The number of hydrogen-bond acceptors (Lipinski definition) is 6. The highest BCUT2D eigenvalue weighted by atomic mass is 16.6. The average molecular weight is 316 g/mol. The van der Waals surface area contributed by atoms with Gasteiger partial charge in [-0.15, -0.1) is 0 Å². The lowest BCUT2D eigenvalue weighted by Crippen LogP contribution is -2.15. The third-order valence-corrected chi connectivity index (χ3v) is 4.11.